The molecule has 0 amide bonds. The number of aromatic nitrogens is 2. The minimum Gasteiger partial charge on any atom is -0.497 e. The van der Waals surface area contributed by atoms with Crippen molar-refractivity contribution in [3.63, 3.8) is 0 Å². The molecule has 5 rings (SSSR count). The number of aliphatic hydroxyl groups is 1. The molecular weight excluding hydrogens is 407 g/mol. The van der Waals surface area contributed by atoms with E-state index in [0.29, 0.717) is 18.2 Å². The van der Waals surface area contributed by atoms with Gasteiger partial charge in [-0.15, -0.1) is 0 Å². The van der Waals surface area contributed by atoms with Crippen molar-refractivity contribution in [2.24, 2.45) is 0 Å². The van der Waals surface area contributed by atoms with Gasteiger partial charge in [-0.05, 0) is 55.5 Å². The lowest BCUT2D eigenvalue weighted by Crippen LogP contribution is -2.49. The molecule has 0 radical (unpaired) electrons. The lowest BCUT2D eigenvalue weighted by molar-refractivity contribution is -0.141. The van der Waals surface area contributed by atoms with Crippen LogP contribution in [0, 0.1) is 0 Å². The van der Waals surface area contributed by atoms with Gasteiger partial charge in [-0.2, -0.15) is 13.2 Å². The van der Waals surface area contributed by atoms with E-state index in [4.69, 9.17) is 4.74 Å². The molecule has 4 heterocycles. The molecule has 0 saturated carbocycles. The monoisotopic (exact) mass is 431 g/mol. The molecule has 0 spiro atoms. The van der Waals surface area contributed by atoms with Crippen LogP contribution in [0.25, 0.3) is 11.0 Å². The van der Waals surface area contributed by atoms with Gasteiger partial charge in [0.05, 0.1) is 12.7 Å². The number of pyridine rings is 1. The highest BCUT2D eigenvalue weighted by Gasteiger charge is 2.49. The number of aromatic amines is 1. The zero-order valence-electron chi connectivity index (χ0n) is 17.1. The Kier molecular flexibility index (Phi) is 4.75. The molecule has 164 valence electrons. The third-order valence-corrected chi connectivity index (χ3v) is 6.85. The van der Waals surface area contributed by atoms with E-state index in [0.717, 1.165) is 24.2 Å². The first kappa shape index (κ1) is 20.3. The quantitative estimate of drug-likeness (QED) is 0.634. The zero-order chi connectivity index (χ0) is 21.8. The summed E-state index contributed by atoms with van der Waals surface area (Å²) in [6.07, 6.45) is -0.261. The lowest BCUT2D eigenvalue weighted by atomic mass is 9.80. The molecule has 31 heavy (non-hydrogen) atoms. The largest absolute Gasteiger partial charge is 0.497 e. The molecule has 8 heteroatoms. The van der Waals surface area contributed by atoms with E-state index in [9.17, 15) is 18.3 Å². The fourth-order valence-corrected chi connectivity index (χ4v) is 5.38. The van der Waals surface area contributed by atoms with Gasteiger partial charge in [0, 0.05) is 35.8 Å². The molecule has 2 aliphatic heterocycles. The summed E-state index contributed by atoms with van der Waals surface area (Å²) in [5.74, 6) is 0.723. The van der Waals surface area contributed by atoms with E-state index < -0.39 is 17.5 Å². The predicted molar refractivity (Wildman–Crippen MR) is 110 cm³/mol. The highest BCUT2D eigenvalue weighted by molar-refractivity contribution is 5.81. The molecule has 0 unspecified atom stereocenters. The number of rotatable bonds is 4. The number of nitrogens with one attached hydrogen (secondary N) is 1. The molecule has 2 aliphatic rings. The number of methoxy groups -OCH3 is 1. The molecule has 2 aromatic heterocycles. The highest BCUT2D eigenvalue weighted by Crippen LogP contribution is 2.47. The van der Waals surface area contributed by atoms with Crippen molar-refractivity contribution < 1.29 is 23.0 Å². The Morgan fingerprint density at radius 1 is 1.16 bits per heavy atom. The maximum atomic E-state index is 13.7. The summed E-state index contributed by atoms with van der Waals surface area (Å²) in [5.41, 5.74) is -0.386. The number of piperidine rings is 1. The standard InChI is InChI=1S/C23H24F3N3O2/c1-31-17-8-4-14(5-9-17)22(30)11-15-6-7-16(12-22)29(15)13-19-18-3-2-10-27-21(18)28-20(19)23(24,25)26/h2-5,8-10,15-16,30H,6-7,11-13H2,1H3,(H,27,28)/t15-,16-/m0/s1. The van der Waals surface area contributed by atoms with E-state index in [-0.39, 0.29) is 29.8 Å². The van der Waals surface area contributed by atoms with Crippen LogP contribution in [0.2, 0.25) is 0 Å². The maximum absolute atomic E-state index is 13.7. The van der Waals surface area contributed by atoms with Crippen LogP contribution in [0.4, 0.5) is 13.2 Å². The molecule has 2 fully saturated rings. The Labute approximate surface area is 177 Å². The number of alkyl halides is 3. The topological polar surface area (TPSA) is 61.4 Å². The van der Waals surface area contributed by atoms with Crippen molar-refractivity contribution in [3.05, 3.63) is 59.4 Å². The van der Waals surface area contributed by atoms with Gasteiger partial charge >= 0.3 is 6.18 Å². The Balaban J connectivity index is 1.44. The molecule has 3 aromatic rings. The van der Waals surface area contributed by atoms with Crippen molar-refractivity contribution in [2.75, 3.05) is 7.11 Å². The van der Waals surface area contributed by atoms with Crippen molar-refractivity contribution in [1.29, 1.82) is 0 Å². The van der Waals surface area contributed by atoms with Gasteiger partial charge in [0.1, 0.15) is 17.1 Å². The number of hydrogen-bond acceptors (Lipinski definition) is 4. The summed E-state index contributed by atoms with van der Waals surface area (Å²) in [6, 6.07) is 10.8. The van der Waals surface area contributed by atoms with Crippen molar-refractivity contribution in [1.82, 2.24) is 14.9 Å². The number of benzene rings is 1. The van der Waals surface area contributed by atoms with Crippen LogP contribution in [0.15, 0.2) is 42.6 Å². The summed E-state index contributed by atoms with van der Waals surface area (Å²) in [5, 5.41) is 11.9. The Morgan fingerprint density at radius 2 is 1.84 bits per heavy atom. The second kappa shape index (κ2) is 7.24. The average Bonchev–Trinajstić information content (AvgIpc) is 3.24. The molecule has 2 bridgehead atoms. The fraction of sp³-hybridized carbons (Fsp3) is 0.435. The van der Waals surface area contributed by atoms with E-state index in [1.54, 1.807) is 19.2 Å². The van der Waals surface area contributed by atoms with E-state index in [1.165, 1.54) is 6.20 Å². The van der Waals surface area contributed by atoms with Gasteiger partial charge in [-0.3, -0.25) is 4.90 Å². The van der Waals surface area contributed by atoms with Crippen molar-refractivity contribution >= 4 is 11.0 Å². The molecule has 2 saturated heterocycles. The molecular formula is C23H24F3N3O2. The summed E-state index contributed by atoms with van der Waals surface area (Å²) >= 11 is 0. The van der Waals surface area contributed by atoms with Gasteiger partial charge in [-0.25, -0.2) is 4.98 Å². The van der Waals surface area contributed by atoms with Crippen LogP contribution < -0.4 is 4.74 Å². The van der Waals surface area contributed by atoms with Gasteiger partial charge in [0.25, 0.3) is 0 Å². The van der Waals surface area contributed by atoms with Crippen LogP contribution >= 0.6 is 0 Å². The summed E-state index contributed by atoms with van der Waals surface area (Å²) in [6.45, 7) is 0.189. The minimum atomic E-state index is -4.48. The van der Waals surface area contributed by atoms with Gasteiger partial charge < -0.3 is 14.8 Å². The predicted octanol–water partition coefficient (Wildman–Crippen LogP) is 4.60. The van der Waals surface area contributed by atoms with Crippen molar-refractivity contribution in [2.45, 2.75) is 56.1 Å². The Morgan fingerprint density at radius 3 is 2.45 bits per heavy atom. The van der Waals surface area contributed by atoms with Crippen molar-refractivity contribution in [3.8, 4) is 5.75 Å². The average molecular weight is 431 g/mol. The van der Waals surface area contributed by atoms with Gasteiger partial charge in [-0.1, -0.05) is 12.1 Å². The molecule has 2 atom stereocenters. The molecule has 5 nitrogen and oxygen atoms in total. The second-order valence-electron chi connectivity index (χ2n) is 8.60. The third-order valence-electron chi connectivity index (χ3n) is 6.85. The first-order valence-corrected chi connectivity index (χ1v) is 10.4. The van der Waals surface area contributed by atoms with Crippen LogP contribution in [0.3, 0.4) is 0 Å². The van der Waals surface area contributed by atoms with E-state index in [1.807, 2.05) is 24.3 Å². The van der Waals surface area contributed by atoms with Crippen LogP contribution in [0.1, 0.15) is 42.5 Å². The number of nitrogens with zero attached hydrogens (tertiary/aromatic N) is 2. The third kappa shape index (κ3) is 3.47. The number of fused-ring (bicyclic) bond motifs is 3. The Bertz CT molecular complexity index is 1080. The van der Waals surface area contributed by atoms with E-state index in [2.05, 4.69) is 14.9 Å². The molecule has 1 aromatic carbocycles. The first-order chi connectivity index (χ1) is 14.8. The smallest absolute Gasteiger partial charge is 0.431 e. The van der Waals surface area contributed by atoms with E-state index >= 15 is 0 Å². The summed E-state index contributed by atoms with van der Waals surface area (Å²) in [4.78, 5) is 8.69. The normalized spacial score (nSPS) is 26.5. The van der Waals surface area contributed by atoms with Gasteiger partial charge in [0.2, 0.25) is 0 Å². The number of H-pyrrole nitrogens is 1. The first-order valence-electron chi connectivity index (χ1n) is 10.4. The number of halogens is 3. The van der Waals surface area contributed by atoms with Gasteiger partial charge in [0.15, 0.2) is 0 Å². The number of hydrogen-bond donors (Lipinski definition) is 2. The lowest BCUT2D eigenvalue weighted by Gasteiger charge is -2.44. The molecule has 0 aliphatic carbocycles. The van der Waals surface area contributed by atoms with Crippen LogP contribution in [-0.4, -0.2) is 39.2 Å². The summed E-state index contributed by atoms with van der Waals surface area (Å²) < 4.78 is 46.4. The number of ether oxygens (including phenoxy) is 1. The molecule has 2 N–H and O–H groups in total. The minimum absolute atomic E-state index is 0.0218. The highest BCUT2D eigenvalue weighted by atomic mass is 19.4. The summed E-state index contributed by atoms with van der Waals surface area (Å²) in [7, 11) is 1.60. The maximum Gasteiger partial charge on any atom is 0.431 e. The van der Waals surface area contributed by atoms with Crippen LogP contribution in [-0.2, 0) is 18.3 Å². The Hall–Kier alpha value is -2.58. The second-order valence-corrected chi connectivity index (χ2v) is 8.60. The fourth-order valence-electron chi connectivity index (χ4n) is 5.38. The zero-order valence-corrected chi connectivity index (χ0v) is 17.1. The van der Waals surface area contributed by atoms with Crippen LogP contribution in [0.5, 0.6) is 5.75 Å². The SMILES string of the molecule is COc1ccc(C2(O)C[C@@H]3CC[C@@H](C2)N3Cc2c(C(F)(F)F)[nH]c3ncccc23)cc1.